The third-order valence-electron chi connectivity index (χ3n) is 1.96. The first-order valence-electron chi connectivity index (χ1n) is 5.96. The van der Waals surface area contributed by atoms with Crippen LogP contribution in [0.25, 0.3) is 6.08 Å². The van der Waals surface area contributed by atoms with E-state index in [1.807, 2.05) is 20.8 Å². The Morgan fingerprint density at radius 3 is 2.16 bits per heavy atom. The van der Waals surface area contributed by atoms with Crippen LogP contribution in [0.3, 0.4) is 0 Å². The molecule has 0 aromatic heterocycles. The van der Waals surface area contributed by atoms with E-state index in [1.54, 1.807) is 30.3 Å². The van der Waals surface area contributed by atoms with Crippen molar-refractivity contribution in [2.24, 2.45) is 0 Å². The number of rotatable bonds is 3. The molecule has 1 rings (SSSR count). The van der Waals surface area contributed by atoms with Gasteiger partial charge < -0.3 is 9.47 Å². The molecule has 4 nitrogen and oxygen atoms in total. The first-order chi connectivity index (χ1) is 8.76. The van der Waals surface area contributed by atoms with Crippen LogP contribution in [0.1, 0.15) is 33.3 Å². The summed E-state index contributed by atoms with van der Waals surface area (Å²) in [5, 5.41) is 0. The van der Waals surface area contributed by atoms with E-state index in [-0.39, 0.29) is 5.97 Å². The Morgan fingerprint density at radius 1 is 1.11 bits per heavy atom. The smallest absolute Gasteiger partial charge is 0.331 e. The van der Waals surface area contributed by atoms with E-state index in [1.165, 1.54) is 13.0 Å². The number of ether oxygens (including phenoxy) is 2. The van der Waals surface area contributed by atoms with Crippen LogP contribution in [-0.4, -0.2) is 17.5 Å². The molecule has 0 aliphatic carbocycles. The maximum atomic E-state index is 11.5. The second-order valence-corrected chi connectivity index (χ2v) is 5.03. The summed E-state index contributed by atoms with van der Waals surface area (Å²) >= 11 is 0. The average Bonchev–Trinajstić information content (AvgIpc) is 2.25. The molecule has 0 aliphatic rings. The van der Waals surface area contributed by atoms with Crippen molar-refractivity contribution in [3.05, 3.63) is 35.9 Å². The molecule has 0 unspecified atom stereocenters. The van der Waals surface area contributed by atoms with Gasteiger partial charge in [0.05, 0.1) is 0 Å². The van der Waals surface area contributed by atoms with Gasteiger partial charge in [0.2, 0.25) is 0 Å². The van der Waals surface area contributed by atoms with Crippen molar-refractivity contribution in [3.8, 4) is 5.75 Å². The summed E-state index contributed by atoms with van der Waals surface area (Å²) < 4.78 is 10.0. The minimum Gasteiger partial charge on any atom is -0.457 e. The lowest BCUT2D eigenvalue weighted by Crippen LogP contribution is -2.22. The Kier molecular flexibility index (Phi) is 4.87. The monoisotopic (exact) mass is 262 g/mol. The molecule has 0 bridgehead atoms. The average molecular weight is 262 g/mol. The van der Waals surface area contributed by atoms with Gasteiger partial charge in [-0.3, -0.25) is 4.79 Å². The van der Waals surface area contributed by atoms with Crippen LogP contribution >= 0.6 is 0 Å². The fraction of sp³-hybridized carbons (Fsp3) is 0.333. The van der Waals surface area contributed by atoms with Crippen molar-refractivity contribution >= 4 is 18.0 Å². The van der Waals surface area contributed by atoms with E-state index in [4.69, 9.17) is 9.47 Å². The first-order valence-corrected chi connectivity index (χ1v) is 5.96. The zero-order valence-corrected chi connectivity index (χ0v) is 11.6. The van der Waals surface area contributed by atoms with Crippen molar-refractivity contribution in [2.75, 3.05) is 0 Å². The van der Waals surface area contributed by atoms with Gasteiger partial charge in [-0.05, 0) is 44.5 Å². The third kappa shape index (κ3) is 6.41. The topological polar surface area (TPSA) is 52.6 Å². The Bertz CT molecular complexity index is 478. The molecule has 0 atom stereocenters. The Balaban J connectivity index is 2.62. The van der Waals surface area contributed by atoms with Gasteiger partial charge in [0.15, 0.2) is 0 Å². The molecule has 102 valence electrons. The van der Waals surface area contributed by atoms with Crippen molar-refractivity contribution in [1.29, 1.82) is 0 Å². The number of hydrogen-bond acceptors (Lipinski definition) is 4. The molecule has 19 heavy (non-hydrogen) atoms. The van der Waals surface area contributed by atoms with E-state index in [9.17, 15) is 9.59 Å². The highest BCUT2D eigenvalue weighted by Gasteiger charge is 2.13. The van der Waals surface area contributed by atoms with Crippen LogP contribution in [0, 0.1) is 0 Å². The highest BCUT2D eigenvalue weighted by atomic mass is 16.6. The number of benzene rings is 1. The number of carbonyl (C=O) groups is 2. The molecule has 0 N–H and O–H groups in total. The minimum absolute atomic E-state index is 0.364. The lowest BCUT2D eigenvalue weighted by molar-refractivity contribution is -0.148. The summed E-state index contributed by atoms with van der Waals surface area (Å²) in [6, 6.07) is 6.82. The maximum absolute atomic E-state index is 11.5. The van der Waals surface area contributed by atoms with E-state index in [0.717, 1.165) is 5.56 Å². The maximum Gasteiger partial charge on any atom is 0.331 e. The van der Waals surface area contributed by atoms with Crippen LogP contribution in [0.15, 0.2) is 30.3 Å². The summed E-state index contributed by atoms with van der Waals surface area (Å²) in [7, 11) is 0. The van der Waals surface area contributed by atoms with Gasteiger partial charge >= 0.3 is 11.9 Å². The standard InChI is InChI=1S/C15H18O4/c1-11(16)18-13-8-5-12(6-9-13)7-10-14(17)19-15(2,3)4/h5-10H,1-4H3/b10-7+. The molecule has 0 saturated carbocycles. The molecule has 1 aromatic rings. The van der Waals surface area contributed by atoms with E-state index >= 15 is 0 Å². The predicted molar refractivity (Wildman–Crippen MR) is 72.6 cm³/mol. The molecule has 4 heteroatoms. The number of carbonyl (C=O) groups excluding carboxylic acids is 2. The van der Waals surface area contributed by atoms with Crippen molar-refractivity contribution in [1.82, 2.24) is 0 Å². The molecule has 0 spiro atoms. The summed E-state index contributed by atoms with van der Waals surface area (Å²) in [4.78, 5) is 22.2. The zero-order valence-electron chi connectivity index (χ0n) is 11.6. The SMILES string of the molecule is CC(=O)Oc1ccc(/C=C/C(=O)OC(C)(C)C)cc1. The zero-order chi connectivity index (χ0) is 14.5. The number of hydrogen-bond donors (Lipinski definition) is 0. The van der Waals surface area contributed by atoms with Gasteiger partial charge in [-0.2, -0.15) is 0 Å². The normalized spacial score (nSPS) is 11.4. The second kappa shape index (κ2) is 6.18. The quantitative estimate of drug-likeness (QED) is 0.477. The van der Waals surface area contributed by atoms with Crippen molar-refractivity contribution < 1.29 is 19.1 Å². The lowest BCUT2D eigenvalue weighted by Gasteiger charge is -2.17. The molecule has 0 saturated heterocycles. The van der Waals surface area contributed by atoms with Crippen LogP contribution in [0.2, 0.25) is 0 Å². The lowest BCUT2D eigenvalue weighted by atomic mass is 10.2. The van der Waals surface area contributed by atoms with Crippen LogP contribution in [0.4, 0.5) is 0 Å². The van der Waals surface area contributed by atoms with Crippen molar-refractivity contribution in [2.45, 2.75) is 33.3 Å². The predicted octanol–water partition coefficient (Wildman–Crippen LogP) is 2.97. The summed E-state index contributed by atoms with van der Waals surface area (Å²) in [5.41, 5.74) is 0.322. The highest BCUT2D eigenvalue weighted by Crippen LogP contribution is 2.14. The molecular formula is C15H18O4. The van der Waals surface area contributed by atoms with Crippen molar-refractivity contribution in [3.63, 3.8) is 0 Å². The van der Waals surface area contributed by atoms with Gasteiger partial charge in [0.25, 0.3) is 0 Å². The van der Waals surface area contributed by atoms with E-state index in [0.29, 0.717) is 5.75 Å². The third-order valence-corrected chi connectivity index (χ3v) is 1.96. The Morgan fingerprint density at radius 2 is 1.68 bits per heavy atom. The van der Waals surface area contributed by atoms with Crippen LogP contribution in [0.5, 0.6) is 5.75 Å². The van der Waals surface area contributed by atoms with E-state index < -0.39 is 11.6 Å². The number of esters is 2. The summed E-state index contributed by atoms with van der Waals surface area (Å²) in [6.45, 7) is 6.78. The first kappa shape index (κ1) is 15.0. The van der Waals surface area contributed by atoms with Crippen LogP contribution in [-0.2, 0) is 14.3 Å². The molecule has 0 aliphatic heterocycles. The fourth-order valence-electron chi connectivity index (χ4n) is 1.31. The minimum atomic E-state index is -0.499. The summed E-state index contributed by atoms with van der Waals surface area (Å²) in [5.74, 6) is -0.282. The molecule has 0 heterocycles. The van der Waals surface area contributed by atoms with Crippen LogP contribution < -0.4 is 4.74 Å². The fourth-order valence-corrected chi connectivity index (χ4v) is 1.31. The second-order valence-electron chi connectivity index (χ2n) is 5.03. The largest absolute Gasteiger partial charge is 0.457 e. The molecule has 0 fully saturated rings. The molecule has 1 aromatic carbocycles. The summed E-state index contributed by atoms with van der Waals surface area (Å²) in [6.07, 6.45) is 3.01. The van der Waals surface area contributed by atoms with Gasteiger partial charge in [0.1, 0.15) is 11.4 Å². The molecular weight excluding hydrogens is 244 g/mol. The van der Waals surface area contributed by atoms with Gasteiger partial charge in [-0.1, -0.05) is 12.1 Å². The van der Waals surface area contributed by atoms with Gasteiger partial charge in [0, 0.05) is 13.0 Å². The molecule has 0 amide bonds. The highest BCUT2D eigenvalue weighted by molar-refractivity contribution is 5.87. The Hall–Kier alpha value is -2.10. The van der Waals surface area contributed by atoms with Gasteiger partial charge in [-0.25, -0.2) is 4.79 Å². The molecule has 0 radical (unpaired) electrons. The Labute approximate surface area is 113 Å². The van der Waals surface area contributed by atoms with E-state index in [2.05, 4.69) is 0 Å². The van der Waals surface area contributed by atoms with Gasteiger partial charge in [-0.15, -0.1) is 0 Å².